The number of nitrogens with zero attached hydrogens (tertiary/aromatic N) is 8. The minimum atomic E-state index is -3.80. The number of pyridine rings is 1. The molecular formula is C30H38FN9O3S2. The molecule has 1 unspecified atom stereocenters. The van der Waals surface area contributed by atoms with Crippen LogP contribution in [0.15, 0.2) is 54.1 Å². The molecule has 12 nitrogen and oxygen atoms in total. The quantitative estimate of drug-likeness (QED) is 0.257. The van der Waals surface area contributed by atoms with E-state index in [1.807, 2.05) is 7.05 Å². The topological polar surface area (TPSA) is 121 Å². The third kappa shape index (κ3) is 7.21. The van der Waals surface area contributed by atoms with Crippen LogP contribution in [0, 0.1) is 5.82 Å². The van der Waals surface area contributed by atoms with Crippen LogP contribution >= 0.6 is 11.8 Å². The van der Waals surface area contributed by atoms with Gasteiger partial charge in [0.2, 0.25) is 5.95 Å². The average molecular weight is 656 g/mol. The molecule has 0 spiro atoms. The Kier molecular flexibility index (Phi) is 9.63. The predicted molar refractivity (Wildman–Crippen MR) is 178 cm³/mol. The van der Waals surface area contributed by atoms with Crippen LogP contribution in [0.2, 0.25) is 0 Å². The fraction of sp³-hybridized carbons (Fsp3) is 0.400. The number of likely N-dealkylation sites (N-methyl/N-ethyl adjacent to an activating group) is 1. The summed E-state index contributed by atoms with van der Waals surface area (Å²) in [5.41, 5.74) is 2.06. The molecule has 1 aliphatic heterocycles. The maximum absolute atomic E-state index is 15.2. The van der Waals surface area contributed by atoms with Crippen molar-refractivity contribution in [2.45, 2.75) is 11.8 Å². The molecule has 4 aromatic rings. The van der Waals surface area contributed by atoms with Gasteiger partial charge in [-0.25, -0.2) is 17.8 Å². The summed E-state index contributed by atoms with van der Waals surface area (Å²) in [4.78, 5) is 28.7. The Balaban J connectivity index is 1.53. The maximum Gasteiger partial charge on any atom is 0.261 e. The van der Waals surface area contributed by atoms with Crippen LogP contribution in [0.5, 0.6) is 0 Å². The first-order chi connectivity index (χ1) is 21.3. The van der Waals surface area contributed by atoms with Crippen molar-refractivity contribution in [2.75, 3.05) is 71.7 Å². The molecule has 240 valence electrons. The highest BCUT2D eigenvalue weighted by atomic mass is 32.2. The van der Waals surface area contributed by atoms with E-state index in [4.69, 9.17) is 0 Å². The van der Waals surface area contributed by atoms with E-state index >= 15 is 4.39 Å². The molecule has 1 fully saturated rings. The first-order valence-corrected chi connectivity index (χ1v) is 17.0. The van der Waals surface area contributed by atoms with E-state index in [1.54, 1.807) is 80.2 Å². The second kappa shape index (κ2) is 13.3. The summed E-state index contributed by atoms with van der Waals surface area (Å²) in [6, 6.07) is 8.22. The van der Waals surface area contributed by atoms with Crippen LogP contribution in [0.4, 0.5) is 16.0 Å². The van der Waals surface area contributed by atoms with E-state index in [2.05, 4.69) is 31.9 Å². The standard InChI is InChI=1S/C30H38FN9O3S2/c1-20(37(4)5)25-15-21-17-32-30(34-22-7-8-24(26(31)16-22)27-19-38(6)11-13-44-27)35-28(21)39(29(25)41)18-23-9-10-33-40(23)45(42,43)14-12-36(2)3/h7-10,15-17,27H,1,11-14,18-19H2,2-6H3,(H,32,34,35). The van der Waals surface area contributed by atoms with Gasteiger partial charge in [-0.05, 0) is 45.4 Å². The summed E-state index contributed by atoms with van der Waals surface area (Å²) < 4.78 is 43.9. The molecule has 4 heterocycles. The Hall–Kier alpha value is -3.79. The predicted octanol–water partition coefficient (Wildman–Crippen LogP) is 2.91. The first kappa shape index (κ1) is 32.6. The van der Waals surface area contributed by atoms with Crippen LogP contribution in [0.1, 0.15) is 22.1 Å². The van der Waals surface area contributed by atoms with E-state index in [-0.39, 0.29) is 35.0 Å². The number of benzene rings is 1. The van der Waals surface area contributed by atoms with Gasteiger partial charge in [-0.2, -0.15) is 25.9 Å². The van der Waals surface area contributed by atoms with Gasteiger partial charge in [-0.1, -0.05) is 12.6 Å². The minimum Gasteiger partial charge on any atom is -0.377 e. The van der Waals surface area contributed by atoms with Crippen LogP contribution in [0.25, 0.3) is 16.7 Å². The maximum atomic E-state index is 15.2. The Morgan fingerprint density at radius 3 is 2.67 bits per heavy atom. The van der Waals surface area contributed by atoms with Gasteiger partial charge in [-0.15, -0.1) is 0 Å². The van der Waals surface area contributed by atoms with Gasteiger partial charge < -0.3 is 20.0 Å². The Bertz CT molecular complexity index is 1890. The second-order valence-corrected chi connectivity index (χ2v) is 14.8. The number of halogens is 1. The molecule has 1 atom stereocenters. The van der Waals surface area contributed by atoms with Crippen molar-refractivity contribution in [3.8, 4) is 0 Å². The molecule has 1 aromatic carbocycles. The van der Waals surface area contributed by atoms with Crippen molar-refractivity contribution >= 4 is 50.2 Å². The van der Waals surface area contributed by atoms with Gasteiger partial charge in [0.25, 0.3) is 15.6 Å². The lowest BCUT2D eigenvalue weighted by molar-refractivity contribution is 0.345. The lowest BCUT2D eigenvalue weighted by Crippen LogP contribution is -2.31. The number of hydrogen-bond donors (Lipinski definition) is 1. The van der Waals surface area contributed by atoms with Crippen molar-refractivity contribution < 1.29 is 12.8 Å². The summed E-state index contributed by atoms with van der Waals surface area (Å²) in [5, 5.41) is 7.72. The second-order valence-electron chi connectivity index (χ2n) is 11.5. The molecular weight excluding hydrogens is 618 g/mol. The Labute approximate surface area is 266 Å². The zero-order chi connectivity index (χ0) is 32.5. The van der Waals surface area contributed by atoms with Crippen molar-refractivity contribution in [3.05, 3.63) is 82.3 Å². The van der Waals surface area contributed by atoms with Crippen molar-refractivity contribution in [3.63, 3.8) is 0 Å². The highest BCUT2D eigenvalue weighted by Crippen LogP contribution is 2.35. The normalized spacial score (nSPS) is 15.9. The molecule has 45 heavy (non-hydrogen) atoms. The number of anilines is 2. The molecule has 1 saturated heterocycles. The largest absolute Gasteiger partial charge is 0.377 e. The molecule has 0 amide bonds. The van der Waals surface area contributed by atoms with Crippen molar-refractivity contribution in [1.82, 2.24) is 38.4 Å². The highest BCUT2D eigenvalue weighted by molar-refractivity contribution is 7.99. The Morgan fingerprint density at radius 2 is 1.98 bits per heavy atom. The zero-order valence-corrected chi connectivity index (χ0v) is 27.7. The first-order valence-electron chi connectivity index (χ1n) is 14.4. The van der Waals surface area contributed by atoms with E-state index in [0.717, 1.165) is 22.9 Å². The number of aromatic nitrogens is 5. The molecule has 0 bridgehead atoms. The third-order valence-corrected chi connectivity index (χ3v) is 10.4. The van der Waals surface area contributed by atoms with Gasteiger partial charge in [0.05, 0.1) is 29.8 Å². The highest BCUT2D eigenvalue weighted by Gasteiger charge is 2.24. The zero-order valence-electron chi connectivity index (χ0n) is 26.1. The van der Waals surface area contributed by atoms with Crippen molar-refractivity contribution in [1.29, 1.82) is 0 Å². The molecule has 1 aliphatic rings. The summed E-state index contributed by atoms with van der Waals surface area (Å²) in [6.07, 6.45) is 2.96. The van der Waals surface area contributed by atoms with Crippen LogP contribution in [0.3, 0.4) is 0 Å². The third-order valence-electron chi connectivity index (χ3n) is 7.61. The van der Waals surface area contributed by atoms with Gasteiger partial charge in [0.15, 0.2) is 0 Å². The molecule has 0 radical (unpaired) electrons. The summed E-state index contributed by atoms with van der Waals surface area (Å²) >= 11 is 1.75. The van der Waals surface area contributed by atoms with E-state index in [1.165, 1.54) is 16.8 Å². The van der Waals surface area contributed by atoms with Crippen molar-refractivity contribution in [2.24, 2.45) is 0 Å². The lowest BCUT2D eigenvalue weighted by Gasteiger charge is -2.29. The monoisotopic (exact) mass is 655 g/mol. The molecule has 15 heteroatoms. The summed E-state index contributed by atoms with van der Waals surface area (Å²) in [5.74, 6) is 0.630. The van der Waals surface area contributed by atoms with Gasteiger partial charge >= 0.3 is 0 Å². The number of rotatable bonds is 11. The number of fused-ring (bicyclic) bond motifs is 1. The molecule has 0 saturated carbocycles. The fourth-order valence-electron chi connectivity index (χ4n) is 5.00. The smallest absolute Gasteiger partial charge is 0.261 e. The van der Waals surface area contributed by atoms with Crippen LogP contribution in [-0.4, -0.2) is 113 Å². The number of nitrogens with one attached hydrogen (secondary N) is 1. The van der Waals surface area contributed by atoms with Gasteiger partial charge in [0, 0.05) is 73.3 Å². The number of hydrogen-bond acceptors (Lipinski definition) is 11. The Morgan fingerprint density at radius 1 is 1.20 bits per heavy atom. The van der Waals surface area contributed by atoms with Gasteiger partial charge in [-0.3, -0.25) is 9.36 Å². The molecule has 1 N–H and O–H groups in total. The van der Waals surface area contributed by atoms with Crippen LogP contribution < -0.4 is 10.9 Å². The average Bonchev–Trinajstić information content (AvgIpc) is 3.47. The van der Waals surface area contributed by atoms with E-state index in [9.17, 15) is 13.2 Å². The van der Waals surface area contributed by atoms with E-state index < -0.39 is 15.6 Å². The minimum absolute atomic E-state index is 0.0513. The SMILES string of the molecule is C=C(c1cc2cnc(Nc3ccc(C4CN(C)CCS4)c(F)c3)nc2n(Cc2ccnn2S(=O)(=O)CCN(C)C)c1=O)N(C)C. The lowest BCUT2D eigenvalue weighted by atomic mass is 10.1. The molecule has 0 aliphatic carbocycles. The summed E-state index contributed by atoms with van der Waals surface area (Å²) in [7, 11) is 5.37. The van der Waals surface area contributed by atoms with E-state index in [0.29, 0.717) is 40.1 Å². The van der Waals surface area contributed by atoms with Gasteiger partial charge in [0.1, 0.15) is 11.5 Å². The summed E-state index contributed by atoms with van der Waals surface area (Å²) in [6.45, 7) is 5.99. The molecule has 5 rings (SSSR count). The fourth-order valence-corrected chi connectivity index (χ4v) is 7.88. The molecule has 3 aromatic heterocycles. The number of thioether (sulfide) groups is 1. The van der Waals surface area contributed by atoms with Crippen LogP contribution in [-0.2, 0) is 16.6 Å².